The van der Waals surface area contributed by atoms with Crippen LogP contribution in [0, 0.1) is 18.8 Å². The lowest BCUT2D eigenvalue weighted by atomic mass is 9.89. The van der Waals surface area contributed by atoms with E-state index in [-0.39, 0.29) is 5.41 Å². The lowest BCUT2D eigenvalue weighted by Gasteiger charge is -2.15. The van der Waals surface area contributed by atoms with Gasteiger partial charge in [-0.3, -0.25) is 0 Å². The number of carbonyl (C=O) groups is 1. The number of aromatic carboxylic acids is 1. The van der Waals surface area contributed by atoms with Crippen LogP contribution in [-0.2, 0) is 5.41 Å². The Labute approximate surface area is 103 Å². The lowest BCUT2D eigenvalue weighted by Crippen LogP contribution is -2.10. The van der Waals surface area contributed by atoms with Gasteiger partial charge in [-0.15, -0.1) is 0 Å². The van der Waals surface area contributed by atoms with E-state index in [0.29, 0.717) is 17.4 Å². The summed E-state index contributed by atoms with van der Waals surface area (Å²) in [6.45, 7) is 8.69. The lowest BCUT2D eigenvalue weighted by molar-refractivity contribution is 0.0696. The molecule has 0 aromatic heterocycles. The average molecular weight is 232 g/mol. The Kier molecular flexibility index (Phi) is 2.76. The third kappa shape index (κ3) is 2.08. The van der Waals surface area contributed by atoms with Crippen LogP contribution in [0.4, 0.5) is 0 Å². The Morgan fingerprint density at radius 1 is 1.41 bits per heavy atom. The van der Waals surface area contributed by atoms with Crippen molar-refractivity contribution in [1.29, 1.82) is 0 Å². The first-order chi connectivity index (χ1) is 7.84. The van der Waals surface area contributed by atoms with Crippen LogP contribution in [0.25, 0.3) is 0 Å². The Bertz CT molecular complexity index is 462. The third-order valence-corrected chi connectivity index (χ3v) is 4.09. The highest BCUT2D eigenvalue weighted by molar-refractivity contribution is 5.88. The first kappa shape index (κ1) is 12.2. The Hall–Kier alpha value is -1.31. The smallest absolute Gasteiger partial charge is 0.335 e. The van der Waals surface area contributed by atoms with Crippen LogP contribution >= 0.6 is 0 Å². The maximum absolute atomic E-state index is 11.1. The van der Waals surface area contributed by atoms with Crippen LogP contribution < -0.4 is 0 Å². The molecule has 0 aliphatic heterocycles. The van der Waals surface area contributed by atoms with Crippen molar-refractivity contribution in [2.24, 2.45) is 11.8 Å². The van der Waals surface area contributed by atoms with Gasteiger partial charge in [-0.05, 0) is 53.9 Å². The molecular weight excluding hydrogens is 212 g/mol. The molecule has 0 heterocycles. The summed E-state index contributed by atoms with van der Waals surface area (Å²) in [6, 6.07) is 5.72. The Morgan fingerprint density at radius 2 is 2.06 bits per heavy atom. The molecule has 1 fully saturated rings. The third-order valence-electron chi connectivity index (χ3n) is 4.09. The van der Waals surface area contributed by atoms with Gasteiger partial charge in [0.2, 0.25) is 0 Å². The molecule has 2 nitrogen and oxygen atoms in total. The van der Waals surface area contributed by atoms with Crippen LogP contribution in [0.3, 0.4) is 0 Å². The predicted molar refractivity (Wildman–Crippen MR) is 68.4 cm³/mol. The number of benzene rings is 1. The van der Waals surface area contributed by atoms with Gasteiger partial charge >= 0.3 is 5.97 Å². The molecule has 2 atom stereocenters. The van der Waals surface area contributed by atoms with Crippen molar-refractivity contribution in [3.8, 4) is 0 Å². The number of hydrogen-bond acceptors (Lipinski definition) is 1. The van der Waals surface area contributed by atoms with Gasteiger partial charge < -0.3 is 5.11 Å². The van der Waals surface area contributed by atoms with Crippen LogP contribution in [0.15, 0.2) is 18.2 Å². The second-order valence-electron chi connectivity index (χ2n) is 5.86. The summed E-state index contributed by atoms with van der Waals surface area (Å²) in [5, 5.41) is 9.09. The van der Waals surface area contributed by atoms with E-state index in [9.17, 15) is 4.79 Å². The summed E-state index contributed by atoms with van der Waals surface area (Å²) < 4.78 is 0. The monoisotopic (exact) mass is 232 g/mol. The van der Waals surface area contributed by atoms with E-state index in [1.807, 2.05) is 13.0 Å². The molecule has 1 aromatic carbocycles. The molecule has 0 saturated heterocycles. The van der Waals surface area contributed by atoms with E-state index < -0.39 is 5.97 Å². The molecule has 1 N–H and O–H groups in total. The number of carboxylic acid groups (broad SMARTS) is 1. The highest BCUT2D eigenvalue weighted by Gasteiger charge is 2.52. The van der Waals surface area contributed by atoms with E-state index in [2.05, 4.69) is 26.8 Å². The number of carboxylic acids is 1. The maximum atomic E-state index is 11.1. The van der Waals surface area contributed by atoms with Gasteiger partial charge in [0.1, 0.15) is 0 Å². The van der Waals surface area contributed by atoms with Gasteiger partial charge in [0, 0.05) is 0 Å². The molecule has 2 unspecified atom stereocenters. The molecule has 17 heavy (non-hydrogen) atoms. The Morgan fingerprint density at radius 3 is 2.53 bits per heavy atom. The summed E-state index contributed by atoms with van der Waals surface area (Å²) in [5.41, 5.74) is 2.82. The molecule has 0 radical (unpaired) electrons. The van der Waals surface area contributed by atoms with E-state index in [1.54, 1.807) is 6.07 Å². The minimum atomic E-state index is -0.833. The molecule has 2 rings (SSSR count). The van der Waals surface area contributed by atoms with Crippen molar-refractivity contribution < 1.29 is 9.90 Å². The van der Waals surface area contributed by atoms with E-state index in [4.69, 9.17) is 5.11 Å². The fourth-order valence-corrected chi connectivity index (χ4v) is 2.94. The number of hydrogen-bond donors (Lipinski definition) is 1. The zero-order valence-corrected chi connectivity index (χ0v) is 10.9. The fourth-order valence-electron chi connectivity index (χ4n) is 2.94. The minimum absolute atomic E-state index is 0.185. The van der Waals surface area contributed by atoms with Crippen molar-refractivity contribution in [2.45, 2.75) is 39.5 Å². The van der Waals surface area contributed by atoms with Crippen LogP contribution in [-0.4, -0.2) is 11.1 Å². The molecule has 92 valence electrons. The van der Waals surface area contributed by atoms with Gasteiger partial charge in [-0.2, -0.15) is 0 Å². The predicted octanol–water partition coefficient (Wildman–Crippen LogP) is 3.63. The largest absolute Gasteiger partial charge is 0.478 e. The summed E-state index contributed by atoms with van der Waals surface area (Å²) in [6.07, 6.45) is 1.17. The Balaban J connectivity index is 2.38. The van der Waals surface area contributed by atoms with E-state index in [1.165, 1.54) is 12.0 Å². The second kappa shape index (κ2) is 3.86. The molecule has 0 amide bonds. The van der Waals surface area contributed by atoms with Crippen molar-refractivity contribution >= 4 is 5.97 Å². The molecule has 1 aliphatic carbocycles. The van der Waals surface area contributed by atoms with E-state index in [0.717, 1.165) is 5.56 Å². The standard InChI is InChI=1S/C15H20O2/c1-9(2)13-8-15(13,4)12-6-10(3)5-11(7-12)14(16)17/h5-7,9,13H,8H2,1-4H3,(H,16,17). The van der Waals surface area contributed by atoms with Gasteiger partial charge in [-0.1, -0.05) is 26.8 Å². The van der Waals surface area contributed by atoms with Crippen LogP contribution in [0.1, 0.15) is 48.7 Å². The van der Waals surface area contributed by atoms with Crippen LogP contribution in [0.2, 0.25) is 0 Å². The molecule has 0 bridgehead atoms. The summed E-state index contributed by atoms with van der Waals surface area (Å²) in [4.78, 5) is 11.1. The first-order valence-electron chi connectivity index (χ1n) is 6.20. The van der Waals surface area contributed by atoms with Crippen LogP contribution in [0.5, 0.6) is 0 Å². The highest BCUT2D eigenvalue weighted by atomic mass is 16.4. The van der Waals surface area contributed by atoms with E-state index >= 15 is 0 Å². The fraction of sp³-hybridized carbons (Fsp3) is 0.533. The number of aryl methyl sites for hydroxylation is 1. The number of rotatable bonds is 3. The van der Waals surface area contributed by atoms with Gasteiger partial charge in [0.15, 0.2) is 0 Å². The van der Waals surface area contributed by atoms with Gasteiger partial charge in [0.25, 0.3) is 0 Å². The zero-order valence-electron chi connectivity index (χ0n) is 10.9. The molecule has 1 aliphatic rings. The summed E-state index contributed by atoms with van der Waals surface area (Å²) >= 11 is 0. The topological polar surface area (TPSA) is 37.3 Å². The quantitative estimate of drug-likeness (QED) is 0.864. The van der Waals surface area contributed by atoms with Crippen molar-refractivity contribution in [3.63, 3.8) is 0 Å². The summed E-state index contributed by atoms with van der Waals surface area (Å²) in [7, 11) is 0. The van der Waals surface area contributed by atoms with Gasteiger partial charge in [-0.25, -0.2) is 4.79 Å². The van der Waals surface area contributed by atoms with Gasteiger partial charge in [0.05, 0.1) is 5.56 Å². The molecule has 0 spiro atoms. The second-order valence-corrected chi connectivity index (χ2v) is 5.86. The zero-order chi connectivity index (χ0) is 12.8. The molecule has 1 aromatic rings. The maximum Gasteiger partial charge on any atom is 0.335 e. The molecular formula is C15H20O2. The first-order valence-corrected chi connectivity index (χ1v) is 6.20. The molecule has 1 saturated carbocycles. The normalized spacial score (nSPS) is 27.2. The summed E-state index contributed by atoms with van der Waals surface area (Å²) in [5.74, 6) is 0.514. The minimum Gasteiger partial charge on any atom is -0.478 e. The molecule has 2 heteroatoms. The average Bonchev–Trinajstić information content (AvgIpc) is 2.91. The van der Waals surface area contributed by atoms with Crippen molar-refractivity contribution in [2.75, 3.05) is 0 Å². The highest BCUT2D eigenvalue weighted by Crippen LogP contribution is 2.57. The SMILES string of the molecule is Cc1cc(C(=O)O)cc(C2(C)CC2C(C)C)c1. The van der Waals surface area contributed by atoms with Crippen molar-refractivity contribution in [1.82, 2.24) is 0 Å². The van der Waals surface area contributed by atoms with Crippen molar-refractivity contribution in [3.05, 3.63) is 34.9 Å².